The fourth-order valence-corrected chi connectivity index (χ4v) is 1.94. The lowest BCUT2D eigenvalue weighted by atomic mass is 10.3. The molecule has 2 aromatic rings. The summed E-state index contributed by atoms with van der Waals surface area (Å²) in [4.78, 5) is 13.3. The van der Waals surface area contributed by atoms with Crippen LogP contribution in [0.25, 0.3) is 0 Å². The highest BCUT2D eigenvalue weighted by molar-refractivity contribution is 6.99. The van der Waals surface area contributed by atoms with Crippen molar-refractivity contribution in [3.8, 4) is 0 Å². The van der Waals surface area contributed by atoms with E-state index < -0.39 is 17.8 Å². The van der Waals surface area contributed by atoms with Crippen molar-refractivity contribution in [2.24, 2.45) is 0 Å². The molecule has 0 aromatic carbocycles. The van der Waals surface area contributed by atoms with Crippen LogP contribution in [0, 0.1) is 0 Å². The number of carbonyl (C=O) groups excluding carboxylic acids is 1. The number of alkyl halides is 3. The molecule has 0 saturated carbocycles. The van der Waals surface area contributed by atoms with Crippen molar-refractivity contribution in [2.75, 3.05) is 11.4 Å². The van der Waals surface area contributed by atoms with Crippen LogP contribution in [0.4, 0.5) is 19.0 Å². The third-order valence-corrected chi connectivity index (χ3v) is 2.90. The molecule has 0 aliphatic heterocycles. The van der Waals surface area contributed by atoms with Crippen LogP contribution in [0.3, 0.4) is 0 Å². The topological polar surface area (TPSA) is 74.8 Å². The van der Waals surface area contributed by atoms with Crippen molar-refractivity contribution in [3.63, 3.8) is 0 Å². The molecule has 0 aliphatic carbocycles. The fraction of sp³-hybridized carbons (Fsp3) is 0.400. The highest BCUT2D eigenvalue weighted by Gasteiger charge is 2.34. The number of aromatic nitrogens is 4. The van der Waals surface area contributed by atoms with Crippen LogP contribution in [0.5, 0.6) is 0 Å². The van der Waals surface area contributed by atoms with E-state index in [4.69, 9.17) is 0 Å². The lowest BCUT2D eigenvalue weighted by molar-refractivity contribution is -0.141. The third-order valence-electron chi connectivity index (χ3n) is 2.42. The average Bonchev–Trinajstić information content (AvgIpc) is 3.04. The number of hydrogen-bond donors (Lipinski definition) is 1. The Labute approximate surface area is 115 Å². The Kier molecular flexibility index (Phi) is 4.02. The second-order valence-corrected chi connectivity index (χ2v) is 4.44. The minimum Gasteiger partial charge on any atom is -0.290 e. The molecule has 2 heterocycles. The van der Waals surface area contributed by atoms with E-state index in [0.29, 0.717) is 6.42 Å². The first-order chi connectivity index (χ1) is 9.43. The number of halogens is 3. The van der Waals surface area contributed by atoms with E-state index in [1.54, 1.807) is 6.92 Å². The Morgan fingerprint density at radius 3 is 2.75 bits per heavy atom. The zero-order chi connectivity index (χ0) is 14.8. The predicted molar refractivity (Wildman–Crippen MR) is 65.5 cm³/mol. The first kappa shape index (κ1) is 14.4. The molecule has 1 N–H and O–H groups in total. The van der Waals surface area contributed by atoms with Crippen molar-refractivity contribution in [1.82, 2.24) is 18.9 Å². The summed E-state index contributed by atoms with van der Waals surface area (Å²) in [5, 5.41) is 5.43. The van der Waals surface area contributed by atoms with Crippen molar-refractivity contribution in [3.05, 3.63) is 23.7 Å². The van der Waals surface area contributed by atoms with Crippen molar-refractivity contribution >= 4 is 23.5 Å². The Morgan fingerprint density at radius 2 is 2.25 bits per heavy atom. The molecule has 6 nitrogen and oxygen atoms in total. The number of nitrogens with zero attached hydrogens (tertiary/aromatic N) is 4. The molecule has 0 atom stereocenters. The van der Waals surface area contributed by atoms with Crippen LogP contribution in [-0.2, 0) is 6.18 Å². The zero-order valence-corrected chi connectivity index (χ0v) is 11.1. The van der Waals surface area contributed by atoms with Crippen LogP contribution in [0.2, 0.25) is 0 Å². The van der Waals surface area contributed by atoms with E-state index in [2.05, 4.69) is 13.8 Å². The average molecular weight is 305 g/mol. The molecule has 0 saturated heterocycles. The third kappa shape index (κ3) is 2.95. The standard InChI is InChI=1S/C10H10F3N5OS/c1-2-3-18(9(19)6-5-14-20-17-6)8-4-7(15-16-8)10(11,12)13/h4-5H,2-3H2,1H3,(H,15,16). The normalized spacial score (nSPS) is 11.6. The molecule has 108 valence electrons. The molecule has 0 aliphatic rings. The molecule has 10 heteroatoms. The van der Waals surface area contributed by atoms with Crippen LogP contribution in [0.15, 0.2) is 12.3 Å². The van der Waals surface area contributed by atoms with Gasteiger partial charge in [-0.2, -0.15) is 27.0 Å². The Hall–Kier alpha value is -1.97. The maximum absolute atomic E-state index is 12.5. The Morgan fingerprint density at radius 1 is 1.50 bits per heavy atom. The van der Waals surface area contributed by atoms with Gasteiger partial charge in [-0.3, -0.25) is 14.8 Å². The molecule has 0 bridgehead atoms. The van der Waals surface area contributed by atoms with Gasteiger partial charge in [0.2, 0.25) is 0 Å². The van der Waals surface area contributed by atoms with Crippen molar-refractivity contribution < 1.29 is 18.0 Å². The number of rotatable bonds is 4. The summed E-state index contributed by atoms with van der Waals surface area (Å²) in [5.74, 6) is -0.613. The summed E-state index contributed by atoms with van der Waals surface area (Å²) in [6.45, 7) is 2.04. The molecular formula is C10H10F3N5OS. The van der Waals surface area contributed by atoms with Gasteiger partial charge in [0.05, 0.1) is 17.9 Å². The van der Waals surface area contributed by atoms with Crippen LogP contribution >= 0.6 is 11.7 Å². The van der Waals surface area contributed by atoms with Gasteiger partial charge >= 0.3 is 6.18 Å². The van der Waals surface area contributed by atoms with Crippen LogP contribution < -0.4 is 4.90 Å². The maximum Gasteiger partial charge on any atom is 0.432 e. The molecule has 2 rings (SSSR count). The second-order valence-electron chi connectivity index (χ2n) is 3.89. The second kappa shape index (κ2) is 5.57. The number of H-pyrrole nitrogens is 1. The molecule has 0 radical (unpaired) electrons. The summed E-state index contributed by atoms with van der Waals surface area (Å²) >= 11 is 0.852. The highest BCUT2D eigenvalue weighted by Crippen LogP contribution is 2.30. The number of hydrogen-bond acceptors (Lipinski definition) is 5. The minimum atomic E-state index is -4.53. The number of amides is 1. The maximum atomic E-state index is 12.5. The van der Waals surface area contributed by atoms with Gasteiger partial charge in [-0.15, -0.1) is 0 Å². The first-order valence-corrected chi connectivity index (χ1v) is 6.38. The number of carbonyl (C=O) groups is 1. The molecule has 0 fully saturated rings. The molecule has 1 amide bonds. The van der Waals surface area contributed by atoms with Gasteiger partial charge in [0.1, 0.15) is 5.69 Å². The van der Waals surface area contributed by atoms with Gasteiger partial charge < -0.3 is 0 Å². The quantitative estimate of drug-likeness (QED) is 0.940. The van der Waals surface area contributed by atoms with Gasteiger partial charge in [-0.1, -0.05) is 6.92 Å². The monoisotopic (exact) mass is 305 g/mol. The molecule has 0 unspecified atom stereocenters. The summed E-state index contributed by atoms with van der Waals surface area (Å²) in [6.07, 6.45) is -2.70. The van der Waals surface area contributed by atoms with E-state index in [1.165, 1.54) is 6.20 Å². The van der Waals surface area contributed by atoms with Gasteiger partial charge in [0.15, 0.2) is 11.5 Å². The van der Waals surface area contributed by atoms with Gasteiger partial charge in [0.25, 0.3) is 5.91 Å². The molecule has 0 spiro atoms. The fourth-order valence-electron chi connectivity index (χ4n) is 1.54. The van der Waals surface area contributed by atoms with E-state index in [9.17, 15) is 18.0 Å². The largest absolute Gasteiger partial charge is 0.432 e. The molecular weight excluding hydrogens is 295 g/mol. The Balaban J connectivity index is 2.29. The SMILES string of the molecule is CCCN(C(=O)c1cnsn1)c1cc(C(F)(F)F)[nH]n1. The number of nitrogens with one attached hydrogen (secondary N) is 1. The van der Waals surface area contributed by atoms with Gasteiger partial charge in [-0.25, -0.2) is 0 Å². The highest BCUT2D eigenvalue weighted by atomic mass is 32.1. The minimum absolute atomic E-state index is 0.0833. The summed E-state index contributed by atoms with van der Waals surface area (Å²) < 4.78 is 45.1. The molecule has 20 heavy (non-hydrogen) atoms. The summed E-state index contributed by atoms with van der Waals surface area (Å²) in [7, 11) is 0. The van der Waals surface area contributed by atoms with E-state index >= 15 is 0 Å². The van der Waals surface area contributed by atoms with E-state index in [1.807, 2.05) is 5.10 Å². The Bertz CT molecular complexity index is 580. The van der Waals surface area contributed by atoms with Crippen LogP contribution in [-0.4, -0.2) is 31.4 Å². The van der Waals surface area contributed by atoms with Gasteiger partial charge in [0, 0.05) is 12.6 Å². The van der Waals surface area contributed by atoms with Gasteiger partial charge in [-0.05, 0) is 6.42 Å². The van der Waals surface area contributed by atoms with E-state index in [-0.39, 0.29) is 18.1 Å². The number of aromatic amines is 1. The summed E-state index contributed by atoms with van der Waals surface area (Å²) in [5.41, 5.74) is -0.919. The summed E-state index contributed by atoms with van der Waals surface area (Å²) in [6, 6.07) is 0.799. The van der Waals surface area contributed by atoms with Crippen LogP contribution in [0.1, 0.15) is 29.5 Å². The smallest absolute Gasteiger partial charge is 0.290 e. The van der Waals surface area contributed by atoms with Crippen molar-refractivity contribution in [1.29, 1.82) is 0 Å². The zero-order valence-electron chi connectivity index (χ0n) is 10.3. The number of anilines is 1. The van der Waals surface area contributed by atoms with Crippen molar-refractivity contribution in [2.45, 2.75) is 19.5 Å². The molecule has 2 aromatic heterocycles. The predicted octanol–water partition coefficient (Wildman–Crippen LogP) is 2.34. The first-order valence-electron chi connectivity index (χ1n) is 5.65. The lowest BCUT2D eigenvalue weighted by Gasteiger charge is -2.17. The lowest BCUT2D eigenvalue weighted by Crippen LogP contribution is -2.32. The van der Waals surface area contributed by atoms with E-state index in [0.717, 1.165) is 22.7 Å².